The van der Waals surface area contributed by atoms with E-state index in [1.807, 2.05) is 0 Å². The zero-order valence-electron chi connectivity index (χ0n) is 13.8. The van der Waals surface area contributed by atoms with Crippen molar-refractivity contribution in [2.45, 2.75) is 16.4 Å². The number of nitrogens with zero attached hydrogens (tertiary/aromatic N) is 2. The van der Waals surface area contributed by atoms with Gasteiger partial charge >= 0.3 is 26.5 Å². The number of rotatable bonds is 6. The minimum Gasteiger partial charge on any atom is -0.369 e. The van der Waals surface area contributed by atoms with E-state index in [2.05, 4.69) is 0 Å². The van der Waals surface area contributed by atoms with Crippen molar-refractivity contribution in [1.82, 2.24) is 4.31 Å². The first kappa shape index (κ1) is 22.7. The predicted molar refractivity (Wildman–Crippen MR) is 85.5 cm³/mol. The maximum absolute atomic E-state index is 14.0. The molecule has 7 nitrogen and oxygen atoms in total. The Morgan fingerprint density at radius 3 is 1.68 bits per heavy atom. The highest BCUT2D eigenvalue weighted by Crippen LogP contribution is 2.51. The Morgan fingerprint density at radius 1 is 0.786 bits per heavy atom. The van der Waals surface area contributed by atoms with Crippen LogP contribution in [-0.4, -0.2) is 68.3 Å². The number of halogens is 6. The molecule has 0 amide bonds. The quantitative estimate of drug-likeness (QED) is 0.519. The van der Waals surface area contributed by atoms with E-state index in [4.69, 9.17) is 4.55 Å². The number of hydrogen-bond acceptors (Lipinski definition) is 5. The van der Waals surface area contributed by atoms with Gasteiger partial charge in [-0.2, -0.15) is 39.1 Å². The topological polar surface area (TPSA) is 95.0 Å². The van der Waals surface area contributed by atoms with Crippen molar-refractivity contribution in [3.05, 3.63) is 30.3 Å². The molecular formula is C13H14F6N2O5S2. The van der Waals surface area contributed by atoms with Crippen LogP contribution in [0.1, 0.15) is 0 Å². The van der Waals surface area contributed by atoms with Crippen molar-refractivity contribution in [3.8, 4) is 0 Å². The minimum atomic E-state index is -7.03. The Bertz CT molecular complexity index is 916. The molecule has 1 fully saturated rings. The normalized spacial score (nSPS) is 18.3. The van der Waals surface area contributed by atoms with Crippen LogP contribution in [0, 0.1) is 0 Å². The molecule has 0 aromatic heterocycles. The maximum atomic E-state index is 14.0. The van der Waals surface area contributed by atoms with Crippen LogP contribution in [0.25, 0.3) is 0 Å². The first-order chi connectivity index (χ1) is 12.6. The lowest BCUT2D eigenvalue weighted by Crippen LogP contribution is -2.64. The highest BCUT2D eigenvalue weighted by atomic mass is 32.2. The van der Waals surface area contributed by atoms with Crippen LogP contribution in [0.3, 0.4) is 0 Å². The van der Waals surface area contributed by atoms with E-state index in [1.54, 1.807) is 35.2 Å². The fourth-order valence-electron chi connectivity index (χ4n) is 2.48. The van der Waals surface area contributed by atoms with Gasteiger partial charge in [0.1, 0.15) is 0 Å². The van der Waals surface area contributed by atoms with Crippen molar-refractivity contribution in [2.24, 2.45) is 0 Å². The van der Waals surface area contributed by atoms with Gasteiger partial charge in [-0.1, -0.05) is 18.2 Å². The van der Waals surface area contributed by atoms with Gasteiger partial charge in [0.15, 0.2) is 0 Å². The summed E-state index contributed by atoms with van der Waals surface area (Å²) in [7, 11) is -13.4. The second-order valence-electron chi connectivity index (χ2n) is 5.81. The number of para-hydroxylation sites is 1. The minimum absolute atomic E-state index is 0.125. The smallest absolute Gasteiger partial charge is 0.369 e. The molecule has 28 heavy (non-hydrogen) atoms. The monoisotopic (exact) mass is 456 g/mol. The third-order valence-corrected chi connectivity index (χ3v) is 6.93. The summed E-state index contributed by atoms with van der Waals surface area (Å²) in [6.45, 7) is -1.89. The molecule has 0 atom stereocenters. The molecule has 0 radical (unpaired) electrons. The van der Waals surface area contributed by atoms with Crippen LogP contribution in [0.5, 0.6) is 0 Å². The molecule has 1 N–H and O–H groups in total. The highest BCUT2D eigenvalue weighted by molar-refractivity contribution is 7.90. The summed E-state index contributed by atoms with van der Waals surface area (Å²) in [4.78, 5) is 1.55. The second kappa shape index (κ2) is 7.03. The summed E-state index contributed by atoms with van der Waals surface area (Å²) >= 11 is 0. The molecule has 15 heteroatoms. The zero-order valence-corrected chi connectivity index (χ0v) is 15.4. The van der Waals surface area contributed by atoms with Gasteiger partial charge in [-0.25, -0.2) is 8.42 Å². The molecule has 0 saturated carbocycles. The van der Waals surface area contributed by atoms with Crippen LogP contribution >= 0.6 is 0 Å². The fraction of sp³-hybridized carbons (Fsp3) is 0.538. The lowest BCUT2D eigenvalue weighted by molar-refractivity contribution is -0.246. The van der Waals surface area contributed by atoms with Gasteiger partial charge in [0, 0.05) is 31.9 Å². The second-order valence-corrected chi connectivity index (χ2v) is 9.25. The Balaban J connectivity index is 2.29. The van der Waals surface area contributed by atoms with Crippen LogP contribution in [0.4, 0.5) is 32.0 Å². The molecule has 1 aliphatic rings. The molecule has 0 bridgehead atoms. The van der Waals surface area contributed by atoms with Gasteiger partial charge in [0.25, 0.3) is 10.0 Å². The Labute approximate surface area is 156 Å². The molecule has 0 unspecified atom stereocenters. The van der Waals surface area contributed by atoms with Crippen LogP contribution < -0.4 is 4.90 Å². The molecule has 2 rings (SSSR count). The summed E-state index contributed by atoms with van der Waals surface area (Å²) < 4.78 is 134. The van der Waals surface area contributed by atoms with Crippen LogP contribution in [-0.2, 0) is 20.1 Å². The fourth-order valence-corrected chi connectivity index (χ4v) is 4.42. The third kappa shape index (κ3) is 3.44. The number of piperazine rings is 1. The van der Waals surface area contributed by atoms with E-state index in [0.717, 1.165) is 0 Å². The summed E-state index contributed by atoms with van der Waals surface area (Å²) in [5.41, 5.74) is 0.592. The Morgan fingerprint density at radius 2 is 1.25 bits per heavy atom. The number of hydrogen-bond donors (Lipinski definition) is 1. The van der Waals surface area contributed by atoms with Gasteiger partial charge in [0.05, 0.1) is 0 Å². The molecule has 1 aromatic rings. The van der Waals surface area contributed by atoms with Gasteiger partial charge in [0.2, 0.25) is 0 Å². The van der Waals surface area contributed by atoms with Gasteiger partial charge in [-0.3, -0.25) is 4.55 Å². The van der Waals surface area contributed by atoms with E-state index in [1.165, 1.54) is 0 Å². The lowest BCUT2D eigenvalue weighted by Gasteiger charge is -2.38. The SMILES string of the molecule is O=S(=O)(O)C(F)(F)C(F)(F)C(F)(F)S(=O)(=O)N1CCN(c2ccccc2)CC1. The van der Waals surface area contributed by atoms with Crippen LogP contribution in [0.15, 0.2) is 30.3 Å². The number of sulfonamides is 1. The summed E-state index contributed by atoms with van der Waals surface area (Å²) in [5.74, 6) is -6.93. The third-order valence-electron chi connectivity index (χ3n) is 4.08. The zero-order chi connectivity index (χ0) is 21.6. The number of benzene rings is 1. The Hall–Kier alpha value is -1.58. The average Bonchev–Trinajstić information content (AvgIpc) is 2.61. The standard InChI is InChI=1S/C13H14F6N2O5S2/c14-11(15,13(18,19)28(24,25)26)12(16,17)27(22,23)21-8-6-20(7-9-21)10-4-2-1-3-5-10/h1-5H,6-9H2,(H,24,25,26). The van der Waals surface area contributed by atoms with Crippen molar-refractivity contribution in [2.75, 3.05) is 31.1 Å². The summed E-state index contributed by atoms with van der Waals surface area (Å²) in [6, 6.07) is 8.22. The molecule has 0 spiro atoms. The van der Waals surface area contributed by atoms with Crippen molar-refractivity contribution in [1.29, 1.82) is 0 Å². The van der Waals surface area contributed by atoms with Gasteiger partial charge < -0.3 is 4.90 Å². The van der Waals surface area contributed by atoms with E-state index in [9.17, 15) is 43.2 Å². The van der Waals surface area contributed by atoms with E-state index in [0.29, 0.717) is 5.69 Å². The van der Waals surface area contributed by atoms with Crippen molar-refractivity contribution < 1.29 is 47.7 Å². The summed E-state index contributed by atoms with van der Waals surface area (Å²) in [6.07, 6.45) is 0. The van der Waals surface area contributed by atoms with E-state index < -0.39 is 49.7 Å². The number of anilines is 1. The van der Waals surface area contributed by atoms with E-state index >= 15 is 0 Å². The molecule has 1 aliphatic heterocycles. The summed E-state index contributed by atoms with van der Waals surface area (Å²) in [5, 5.41) is -13.2. The highest BCUT2D eigenvalue weighted by Gasteiger charge is 2.82. The number of alkyl halides is 6. The first-order valence-electron chi connectivity index (χ1n) is 7.47. The average molecular weight is 456 g/mol. The molecule has 0 aliphatic carbocycles. The van der Waals surface area contributed by atoms with Crippen molar-refractivity contribution in [3.63, 3.8) is 0 Å². The molecule has 1 saturated heterocycles. The van der Waals surface area contributed by atoms with Crippen molar-refractivity contribution >= 4 is 25.8 Å². The van der Waals surface area contributed by atoms with Gasteiger partial charge in [-0.15, -0.1) is 0 Å². The molecule has 160 valence electrons. The largest absolute Gasteiger partial charge is 0.439 e. The molecule has 1 aromatic carbocycles. The first-order valence-corrected chi connectivity index (χ1v) is 10.4. The molecular weight excluding hydrogens is 442 g/mol. The Kier molecular flexibility index (Phi) is 5.70. The van der Waals surface area contributed by atoms with E-state index in [-0.39, 0.29) is 17.4 Å². The van der Waals surface area contributed by atoms with Crippen LogP contribution in [0.2, 0.25) is 0 Å². The predicted octanol–water partition coefficient (Wildman–Crippen LogP) is 1.85. The maximum Gasteiger partial charge on any atom is 0.439 e. The lowest BCUT2D eigenvalue weighted by atomic mass is 10.2. The molecule has 1 heterocycles. The van der Waals surface area contributed by atoms with Gasteiger partial charge in [-0.05, 0) is 12.1 Å².